The molecule has 0 N–H and O–H groups in total. The Balaban J connectivity index is 2.29. The summed E-state index contributed by atoms with van der Waals surface area (Å²) in [6.45, 7) is 1.87. The van der Waals surface area contributed by atoms with Gasteiger partial charge in [0.25, 0.3) is 0 Å². The Morgan fingerprint density at radius 1 is 0.950 bits per heavy atom. The highest BCUT2D eigenvalue weighted by atomic mass is 19.1. The van der Waals surface area contributed by atoms with Crippen molar-refractivity contribution in [3.05, 3.63) is 53.6 Å². The van der Waals surface area contributed by atoms with Crippen LogP contribution in [0.15, 0.2) is 36.4 Å². The quantitative estimate of drug-likeness (QED) is 0.764. The van der Waals surface area contributed by atoms with Crippen molar-refractivity contribution >= 4 is 0 Å². The lowest BCUT2D eigenvalue weighted by Gasteiger charge is -2.09. The van der Waals surface area contributed by atoms with Crippen molar-refractivity contribution in [1.82, 2.24) is 0 Å². The first-order valence-electron chi connectivity index (χ1n) is 6.35. The summed E-state index contributed by atoms with van der Waals surface area (Å²) in [6.07, 6.45) is 0.629. The van der Waals surface area contributed by atoms with Crippen LogP contribution in [0, 0.1) is 11.6 Å². The van der Waals surface area contributed by atoms with E-state index in [4.69, 9.17) is 9.47 Å². The lowest BCUT2D eigenvalue weighted by atomic mass is 10.0. The van der Waals surface area contributed by atoms with E-state index in [2.05, 4.69) is 0 Å². The van der Waals surface area contributed by atoms with Crippen LogP contribution in [0.2, 0.25) is 0 Å². The number of rotatable bonds is 5. The van der Waals surface area contributed by atoms with Crippen molar-refractivity contribution in [1.29, 1.82) is 0 Å². The van der Waals surface area contributed by atoms with Gasteiger partial charge in [0, 0.05) is 7.11 Å². The van der Waals surface area contributed by atoms with Crippen molar-refractivity contribution in [3.8, 4) is 16.9 Å². The lowest BCUT2D eigenvalue weighted by molar-refractivity contribution is 0.0483. The Morgan fingerprint density at radius 3 is 2.15 bits per heavy atom. The second-order valence-electron chi connectivity index (χ2n) is 4.36. The number of benzene rings is 2. The minimum absolute atomic E-state index is 0.0178. The van der Waals surface area contributed by atoms with Crippen LogP contribution in [-0.4, -0.2) is 13.9 Å². The molecule has 0 aliphatic rings. The molecule has 0 fully saturated rings. The Morgan fingerprint density at radius 2 is 1.60 bits per heavy atom. The minimum atomic E-state index is -0.500. The topological polar surface area (TPSA) is 18.5 Å². The van der Waals surface area contributed by atoms with E-state index < -0.39 is 5.82 Å². The standard InChI is InChI=1S/C16H16F2O2/c1-3-11-4-5-12(8-14(11)17)13-6-7-16(15(18)9-13)20-10-19-2/h4-9H,3,10H2,1-2H3. The molecule has 0 bridgehead atoms. The number of methoxy groups -OCH3 is 1. The van der Waals surface area contributed by atoms with Gasteiger partial charge in [0.2, 0.25) is 0 Å². The highest BCUT2D eigenvalue weighted by Gasteiger charge is 2.08. The summed E-state index contributed by atoms with van der Waals surface area (Å²) < 4.78 is 37.4. The van der Waals surface area contributed by atoms with Crippen molar-refractivity contribution in [2.45, 2.75) is 13.3 Å². The average molecular weight is 278 g/mol. The van der Waals surface area contributed by atoms with E-state index in [9.17, 15) is 8.78 Å². The molecule has 4 heteroatoms. The van der Waals surface area contributed by atoms with Crippen molar-refractivity contribution in [2.24, 2.45) is 0 Å². The number of aryl methyl sites for hydroxylation is 1. The summed E-state index contributed by atoms with van der Waals surface area (Å²) in [7, 11) is 1.46. The van der Waals surface area contributed by atoms with Gasteiger partial charge < -0.3 is 9.47 Å². The molecule has 20 heavy (non-hydrogen) atoms. The Kier molecular flexibility index (Phi) is 4.69. The Bertz CT molecular complexity index is 597. The van der Waals surface area contributed by atoms with Crippen LogP contribution in [0.4, 0.5) is 8.78 Å². The van der Waals surface area contributed by atoms with Gasteiger partial charge in [0.15, 0.2) is 18.4 Å². The molecule has 2 aromatic carbocycles. The second kappa shape index (κ2) is 6.48. The summed E-state index contributed by atoms with van der Waals surface area (Å²) in [6, 6.07) is 9.45. The van der Waals surface area contributed by atoms with Gasteiger partial charge in [-0.2, -0.15) is 0 Å². The minimum Gasteiger partial charge on any atom is -0.464 e. The van der Waals surface area contributed by atoms with Gasteiger partial charge in [-0.15, -0.1) is 0 Å². The fraction of sp³-hybridized carbons (Fsp3) is 0.250. The Hall–Kier alpha value is -1.94. The van der Waals surface area contributed by atoms with Gasteiger partial charge in [-0.1, -0.05) is 25.1 Å². The number of ether oxygens (including phenoxy) is 2. The molecule has 0 saturated carbocycles. The molecule has 2 rings (SSSR count). The maximum absolute atomic E-state index is 13.8. The van der Waals surface area contributed by atoms with Crippen LogP contribution in [0.5, 0.6) is 5.75 Å². The number of halogens is 2. The van der Waals surface area contributed by atoms with E-state index in [1.165, 1.54) is 25.3 Å². The molecule has 106 valence electrons. The van der Waals surface area contributed by atoms with Gasteiger partial charge in [-0.05, 0) is 41.3 Å². The molecule has 2 nitrogen and oxygen atoms in total. The molecule has 0 atom stereocenters. The molecule has 0 aliphatic carbocycles. The fourth-order valence-corrected chi connectivity index (χ4v) is 1.93. The monoisotopic (exact) mass is 278 g/mol. The maximum atomic E-state index is 13.8. The van der Waals surface area contributed by atoms with Crippen LogP contribution >= 0.6 is 0 Å². The third-order valence-corrected chi connectivity index (χ3v) is 3.03. The molecule has 0 aliphatic heterocycles. The van der Waals surface area contributed by atoms with Gasteiger partial charge in [0.1, 0.15) is 5.82 Å². The van der Waals surface area contributed by atoms with Gasteiger partial charge >= 0.3 is 0 Å². The van der Waals surface area contributed by atoms with E-state index in [-0.39, 0.29) is 18.4 Å². The zero-order valence-electron chi connectivity index (χ0n) is 11.5. The van der Waals surface area contributed by atoms with Crippen LogP contribution < -0.4 is 4.74 Å². The smallest absolute Gasteiger partial charge is 0.188 e. The van der Waals surface area contributed by atoms with Gasteiger partial charge in [0.05, 0.1) is 0 Å². The lowest BCUT2D eigenvalue weighted by Crippen LogP contribution is -2.00. The van der Waals surface area contributed by atoms with Crippen molar-refractivity contribution in [2.75, 3.05) is 13.9 Å². The normalized spacial score (nSPS) is 10.6. The third kappa shape index (κ3) is 3.14. The molecule has 0 spiro atoms. The predicted molar refractivity (Wildman–Crippen MR) is 73.7 cm³/mol. The highest BCUT2D eigenvalue weighted by molar-refractivity contribution is 5.65. The van der Waals surface area contributed by atoms with Crippen molar-refractivity contribution in [3.63, 3.8) is 0 Å². The van der Waals surface area contributed by atoms with E-state index in [1.807, 2.05) is 6.92 Å². The molecular weight excluding hydrogens is 262 g/mol. The third-order valence-electron chi connectivity index (χ3n) is 3.03. The van der Waals surface area contributed by atoms with E-state index >= 15 is 0 Å². The Labute approximate surface area is 117 Å². The summed E-state index contributed by atoms with van der Waals surface area (Å²) >= 11 is 0. The predicted octanol–water partition coefficient (Wildman–Crippen LogP) is 4.18. The number of hydrogen-bond donors (Lipinski definition) is 0. The fourth-order valence-electron chi connectivity index (χ4n) is 1.93. The molecule has 0 unspecified atom stereocenters. The molecule has 0 heterocycles. The molecular formula is C16H16F2O2. The van der Waals surface area contributed by atoms with Gasteiger partial charge in [-0.3, -0.25) is 0 Å². The van der Waals surface area contributed by atoms with E-state index in [0.717, 1.165) is 0 Å². The van der Waals surface area contributed by atoms with Gasteiger partial charge in [-0.25, -0.2) is 8.78 Å². The zero-order chi connectivity index (χ0) is 14.5. The summed E-state index contributed by atoms with van der Waals surface area (Å²) in [5, 5.41) is 0. The molecule has 0 saturated heterocycles. The summed E-state index contributed by atoms with van der Waals surface area (Å²) in [5.41, 5.74) is 1.89. The van der Waals surface area contributed by atoms with E-state index in [0.29, 0.717) is 23.1 Å². The van der Waals surface area contributed by atoms with Crippen LogP contribution in [-0.2, 0) is 11.2 Å². The summed E-state index contributed by atoms with van der Waals surface area (Å²) in [4.78, 5) is 0. The van der Waals surface area contributed by atoms with Crippen LogP contribution in [0.3, 0.4) is 0 Å². The molecule has 0 aromatic heterocycles. The van der Waals surface area contributed by atoms with Crippen molar-refractivity contribution < 1.29 is 18.3 Å². The first-order valence-corrected chi connectivity index (χ1v) is 6.35. The average Bonchev–Trinajstić information content (AvgIpc) is 2.46. The van der Waals surface area contributed by atoms with Crippen LogP contribution in [0.25, 0.3) is 11.1 Å². The van der Waals surface area contributed by atoms with Crippen LogP contribution in [0.1, 0.15) is 12.5 Å². The zero-order valence-corrected chi connectivity index (χ0v) is 11.5. The highest BCUT2D eigenvalue weighted by Crippen LogP contribution is 2.27. The number of hydrogen-bond acceptors (Lipinski definition) is 2. The first-order chi connectivity index (χ1) is 9.65. The second-order valence-corrected chi connectivity index (χ2v) is 4.36. The van der Waals surface area contributed by atoms with E-state index in [1.54, 1.807) is 18.2 Å². The summed E-state index contributed by atoms with van der Waals surface area (Å²) in [5.74, 6) is -0.661. The molecule has 0 radical (unpaired) electrons. The first kappa shape index (κ1) is 14.5. The molecule has 2 aromatic rings. The maximum Gasteiger partial charge on any atom is 0.188 e. The largest absolute Gasteiger partial charge is 0.464 e. The molecule has 0 amide bonds. The SMILES string of the molecule is CCc1ccc(-c2ccc(OCOC)c(F)c2)cc1F.